The van der Waals surface area contributed by atoms with E-state index in [0.29, 0.717) is 16.8 Å². The maximum atomic E-state index is 13.8. The van der Waals surface area contributed by atoms with Crippen molar-refractivity contribution in [3.05, 3.63) is 94.8 Å². The summed E-state index contributed by atoms with van der Waals surface area (Å²) in [6, 6.07) is 23.3. The number of hydrogen-bond acceptors (Lipinski definition) is 4. The third-order valence-corrected chi connectivity index (χ3v) is 6.18. The van der Waals surface area contributed by atoms with Crippen molar-refractivity contribution in [1.82, 2.24) is 10.3 Å². The molecule has 1 fully saturated rings. The average molecular weight is 453 g/mol. The number of rotatable bonds is 5. The summed E-state index contributed by atoms with van der Waals surface area (Å²) in [5, 5.41) is 3.55. The maximum Gasteiger partial charge on any atom is 0.329 e. The number of amides is 3. The molecule has 1 aromatic heterocycles. The Morgan fingerprint density at radius 1 is 0.882 bits per heavy atom. The van der Waals surface area contributed by atoms with E-state index in [2.05, 4.69) is 10.3 Å². The number of para-hydroxylation sites is 2. The molecule has 7 nitrogen and oxygen atoms in total. The highest BCUT2D eigenvalue weighted by Gasteiger charge is 2.50. The molecule has 0 saturated carbocycles. The van der Waals surface area contributed by atoms with Crippen molar-refractivity contribution in [3.63, 3.8) is 0 Å². The summed E-state index contributed by atoms with van der Waals surface area (Å²) in [5.74, 6) is 0.124. The van der Waals surface area contributed by atoms with E-state index in [4.69, 9.17) is 4.74 Å². The molecule has 1 atom stereocenters. The highest BCUT2D eigenvalue weighted by molar-refractivity contribution is 6.25. The first-order chi connectivity index (χ1) is 16.4. The molecule has 5 rings (SSSR count). The van der Waals surface area contributed by atoms with E-state index in [1.165, 1.54) is 0 Å². The minimum atomic E-state index is -1.25. The number of fused-ring (bicyclic) bond motifs is 1. The van der Waals surface area contributed by atoms with Crippen molar-refractivity contribution in [2.45, 2.75) is 18.9 Å². The Morgan fingerprint density at radius 2 is 1.56 bits per heavy atom. The molecule has 2 N–H and O–H groups in total. The number of ether oxygens (including phenoxy) is 1. The Hall–Kier alpha value is -4.39. The van der Waals surface area contributed by atoms with Gasteiger partial charge >= 0.3 is 6.03 Å². The highest BCUT2D eigenvalue weighted by atomic mass is 16.5. The van der Waals surface area contributed by atoms with Gasteiger partial charge in [0.1, 0.15) is 17.0 Å². The normalized spacial score (nSPS) is 17.8. The monoisotopic (exact) mass is 453 g/mol. The summed E-state index contributed by atoms with van der Waals surface area (Å²) in [5.41, 5.74) is 0.915. The van der Waals surface area contributed by atoms with Crippen molar-refractivity contribution >= 4 is 28.5 Å². The van der Waals surface area contributed by atoms with Crippen molar-refractivity contribution in [2.24, 2.45) is 0 Å². The van der Waals surface area contributed by atoms with Crippen LogP contribution in [0.2, 0.25) is 0 Å². The van der Waals surface area contributed by atoms with Gasteiger partial charge in [0.15, 0.2) is 0 Å². The zero-order valence-electron chi connectivity index (χ0n) is 18.8. The number of pyridine rings is 1. The molecule has 1 aliphatic rings. The van der Waals surface area contributed by atoms with Crippen LogP contribution in [-0.2, 0) is 11.2 Å². The molecule has 3 aromatic carbocycles. The number of imide groups is 1. The van der Waals surface area contributed by atoms with E-state index >= 15 is 0 Å². The smallest absolute Gasteiger partial charge is 0.329 e. The summed E-state index contributed by atoms with van der Waals surface area (Å²) in [4.78, 5) is 44.1. The van der Waals surface area contributed by atoms with Crippen LogP contribution in [0.1, 0.15) is 12.5 Å². The molecule has 3 amide bonds. The first-order valence-corrected chi connectivity index (χ1v) is 10.9. The SMILES string of the molecule is COc1ccccc1C[C@@]1(C)NC(=O)N(c2c(-c3ccccc3)c3ccccc3[nH]c2=O)C1=O. The topological polar surface area (TPSA) is 91.5 Å². The Labute approximate surface area is 196 Å². The second kappa shape index (κ2) is 8.19. The fourth-order valence-electron chi connectivity index (χ4n) is 4.58. The van der Waals surface area contributed by atoms with Gasteiger partial charge in [-0.1, -0.05) is 66.7 Å². The number of benzene rings is 3. The number of carbonyl (C=O) groups excluding carboxylic acids is 2. The number of aromatic amines is 1. The van der Waals surface area contributed by atoms with Gasteiger partial charge in [-0.2, -0.15) is 0 Å². The second-order valence-corrected chi connectivity index (χ2v) is 8.48. The molecular weight excluding hydrogens is 430 g/mol. The lowest BCUT2D eigenvalue weighted by molar-refractivity contribution is -0.121. The number of H-pyrrole nitrogens is 1. The number of urea groups is 1. The number of nitrogens with zero attached hydrogens (tertiary/aromatic N) is 1. The Bertz CT molecular complexity index is 1480. The number of methoxy groups -OCH3 is 1. The second-order valence-electron chi connectivity index (χ2n) is 8.48. The molecule has 170 valence electrons. The fraction of sp³-hybridized carbons (Fsp3) is 0.148. The van der Waals surface area contributed by atoms with E-state index in [1.54, 1.807) is 26.2 Å². The molecule has 0 radical (unpaired) electrons. The zero-order valence-corrected chi connectivity index (χ0v) is 18.8. The van der Waals surface area contributed by atoms with Gasteiger partial charge in [-0.05, 0) is 30.2 Å². The predicted molar refractivity (Wildman–Crippen MR) is 131 cm³/mol. The first kappa shape index (κ1) is 21.5. The van der Waals surface area contributed by atoms with Gasteiger partial charge in [0.05, 0.1) is 7.11 Å². The van der Waals surface area contributed by atoms with E-state index in [0.717, 1.165) is 21.4 Å². The number of hydrogen-bond donors (Lipinski definition) is 2. The van der Waals surface area contributed by atoms with Gasteiger partial charge in [-0.25, -0.2) is 9.69 Å². The van der Waals surface area contributed by atoms with Crippen LogP contribution in [0.4, 0.5) is 10.5 Å². The summed E-state index contributed by atoms with van der Waals surface area (Å²) in [6.45, 7) is 1.66. The third kappa shape index (κ3) is 3.42. The number of aromatic nitrogens is 1. The molecule has 0 unspecified atom stereocenters. The van der Waals surface area contributed by atoms with Crippen LogP contribution < -0.4 is 20.5 Å². The molecule has 0 aliphatic carbocycles. The van der Waals surface area contributed by atoms with E-state index in [-0.39, 0.29) is 12.1 Å². The number of nitrogens with one attached hydrogen (secondary N) is 2. The third-order valence-electron chi connectivity index (χ3n) is 6.18. The van der Waals surface area contributed by atoms with Crippen LogP contribution in [0.15, 0.2) is 83.7 Å². The van der Waals surface area contributed by atoms with Crippen LogP contribution in [0.25, 0.3) is 22.0 Å². The van der Waals surface area contributed by atoms with E-state index in [9.17, 15) is 14.4 Å². The van der Waals surface area contributed by atoms with Crippen LogP contribution in [-0.4, -0.2) is 29.6 Å². The molecular formula is C27H23N3O4. The van der Waals surface area contributed by atoms with Crippen molar-refractivity contribution in [2.75, 3.05) is 12.0 Å². The summed E-state index contributed by atoms with van der Waals surface area (Å²) in [7, 11) is 1.56. The van der Waals surface area contributed by atoms with Gasteiger partial charge < -0.3 is 15.0 Å². The summed E-state index contributed by atoms with van der Waals surface area (Å²) in [6.07, 6.45) is 0.213. The fourth-order valence-corrected chi connectivity index (χ4v) is 4.58. The Morgan fingerprint density at radius 3 is 2.32 bits per heavy atom. The lowest BCUT2D eigenvalue weighted by Crippen LogP contribution is -2.46. The number of anilines is 1. The maximum absolute atomic E-state index is 13.8. The van der Waals surface area contributed by atoms with Gasteiger partial charge in [-0.15, -0.1) is 0 Å². The van der Waals surface area contributed by atoms with Crippen molar-refractivity contribution in [3.8, 4) is 16.9 Å². The Balaban J connectivity index is 1.67. The summed E-state index contributed by atoms with van der Waals surface area (Å²) >= 11 is 0. The molecule has 1 saturated heterocycles. The first-order valence-electron chi connectivity index (χ1n) is 10.9. The standard InChI is InChI=1S/C27H23N3O4/c1-27(16-18-12-6-9-15-21(18)34-2)25(32)30(26(33)29-27)23-22(17-10-4-3-5-11-17)19-13-7-8-14-20(19)28-24(23)31/h3-15H,16H2,1-2H3,(H,28,31)(H,29,33)/t27-/m1/s1. The lowest BCUT2D eigenvalue weighted by Gasteiger charge is -2.23. The van der Waals surface area contributed by atoms with Gasteiger partial charge in [-0.3, -0.25) is 9.59 Å². The molecule has 7 heteroatoms. The molecule has 1 aliphatic heterocycles. The molecule has 34 heavy (non-hydrogen) atoms. The largest absolute Gasteiger partial charge is 0.496 e. The van der Waals surface area contributed by atoms with Gasteiger partial charge in [0.2, 0.25) is 0 Å². The molecule has 0 spiro atoms. The number of carbonyl (C=O) groups is 2. The molecule has 2 heterocycles. The summed E-state index contributed by atoms with van der Waals surface area (Å²) < 4.78 is 5.43. The van der Waals surface area contributed by atoms with Crippen molar-refractivity contribution in [1.29, 1.82) is 0 Å². The van der Waals surface area contributed by atoms with E-state index in [1.807, 2.05) is 66.7 Å². The van der Waals surface area contributed by atoms with Crippen LogP contribution in [0.3, 0.4) is 0 Å². The average Bonchev–Trinajstić information content (AvgIpc) is 3.06. The minimum absolute atomic E-state index is 0.0103. The van der Waals surface area contributed by atoms with Crippen LogP contribution in [0.5, 0.6) is 5.75 Å². The quantitative estimate of drug-likeness (QED) is 0.442. The van der Waals surface area contributed by atoms with E-state index < -0.39 is 23.0 Å². The Kier molecular flexibility index (Phi) is 5.17. The molecule has 4 aromatic rings. The predicted octanol–water partition coefficient (Wildman–Crippen LogP) is 4.26. The molecule has 0 bridgehead atoms. The highest BCUT2D eigenvalue weighted by Crippen LogP contribution is 2.37. The minimum Gasteiger partial charge on any atom is -0.496 e. The zero-order chi connectivity index (χ0) is 23.9. The van der Waals surface area contributed by atoms with Gasteiger partial charge in [0, 0.05) is 22.9 Å². The van der Waals surface area contributed by atoms with Crippen LogP contribution >= 0.6 is 0 Å². The lowest BCUT2D eigenvalue weighted by atomic mass is 9.91. The van der Waals surface area contributed by atoms with Crippen LogP contribution in [0, 0.1) is 0 Å². The van der Waals surface area contributed by atoms with Gasteiger partial charge in [0.25, 0.3) is 11.5 Å². The van der Waals surface area contributed by atoms with Crippen molar-refractivity contribution < 1.29 is 14.3 Å².